The molecule has 0 aromatic heterocycles. The Balaban J connectivity index is 1.69. The van der Waals surface area contributed by atoms with E-state index in [0.717, 1.165) is 32.5 Å². The third kappa shape index (κ3) is 1.46. The van der Waals surface area contributed by atoms with E-state index in [1.54, 1.807) is 7.11 Å². The van der Waals surface area contributed by atoms with Crippen LogP contribution < -0.4 is 0 Å². The van der Waals surface area contributed by atoms with Gasteiger partial charge in [0.15, 0.2) is 0 Å². The molecule has 1 amide bonds. The van der Waals surface area contributed by atoms with E-state index in [1.165, 1.54) is 0 Å². The Labute approximate surface area is 72.7 Å². The minimum Gasteiger partial charge on any atom is -0.384 e. The lowest BCUT2D eigenvalue weighted by atomic mass is 10.0. The average Bonchev–Trinajstić information content (AvgIpc) is 2.76. The summed E-state index contributed by atoms with van der Waals surface area (Å²) in [4.78, 5) is 13.4. The summed E-state index contributed by atoms with van der Waals surface area (Å²) in [5.74, 6) is 1.36. The molecule has 0 aromatic carbocycles. The fourth-order valence-corrected chi connectivity index (χ4v) is 1.68. The van der Waals surface area contributed by atoms with E-state index in [2.05, 4.69) is 0 Å². The number of ether oxygens (including phenoxy) is 1. The van der Waals surface area contributed by atoms with Crippen LogP contribution in [0.5, 0.6) is 0 Å². The molecule has 0 bridgehead atoms. The summed E-state index contributed by atoms with van der Waals surface area (Å²) >= 11 is 0. The van der Waals surface area contributed by atoms with Crippen LogP contribution in [0.2, 0.25) is 0 Å². The smallest absolute Gasteiger partial charge is 0.225 e. The van der Waals surface area contributed by atoms with Gasteiger partial charge in [-0.1, -0.05) is 0 Å². The third-order valence-electron chi connectivity index (χ3n) is 2.60. The molecule has 2 fully saturated rings. The van der Waals surface area contributed by atoms with Crippen molar-refractivity contribution in [1.29, 1.82) is 0 Å². The molecule has 2 rings (SSSR count). The maximum Gasteiger partial charge on any atom is 0.225 e. The Hall–Kier alpha value is -0.570. The van der Waals surface area contributed by atoms with Gasteiger partial charge in [-0.25, -0.2) is 0 Å². The molecule has 0 unspecified atom stereocenters. The summed E-state index contributed by atoms with van der Waals surface area (Å²) in [6.07, 6.45) is 2.23. The molecule has 12 heavy (non-hydrogen) atoms. The first-order chi connectivity index (χ1) is 5.81. The molecule has 3 nitrogen and oxygen atoms in total. The quantitative estimate of drug-likeness (QED) is 0.615. The Morgan fingerprint density at radius 1 is 1.50 bits per heavy atom. The highest BCUT2D eigenvalue weighted by Crippen LogP contribution is 2.33. The van der Waals surface area contributed by atoms with Crippen LogP contribution >= 0.6 is 0 Å². The normalized spacial score (nSPS) is 23.9. The lowest BCUT2D eigenvalue weighted by Gasteiger charge is -2.39. The zero-order chi connectivity index (χ0) is 8.55. The van der Waals surface area contributed by atoms with Crippen LogP contribution in [-0.4, -0.2) is 37.6 Å². The van der Waals surface area contributed by atoms with Gasteiger partial charge in [-0.2, -0.15) is 0 Å². The topological polar surface area (TPSA) is 29.5 Å². The first-order valence-electron chi connectivity index (χ1n) is 4.59. The first-order valence-corrected chi connectivity index (χ1v) is 4.59. The molecule has 0 spiro atoms. The molecule has 1 aliphatic carbocycles. The number of likely N-dealkylation sites (tertiary alicyclic amines) is 1. The van der Waals surface area contributed by atoms with Gasteiger partial charge in [0, 0.05) is 32.0 Å². The largest absolute Gasteiger partial charge is 0.384 e. The predicted molar refractivity (Wildman–Crippen MR) is 44.7 cm³/mol. The van der Waals surface area contributed by atoms with E-state index in [-0.39, 0.29) is 0 Å². The summed E-state index contributed by atoms with van der Waals surface area (Å²) in [6, 6.07) is 0. The standard InChI is InChI=1S/C9H15NO2/c1-12-6-7-4-10(5-7)9(11)8-2-3-8/h7-8H,2-6H2,1H3. The second-order valence-electron chi connectivity index (χ2n) is 3.84. The molecule has 1 saturated carbocycles. The monoisotopic (exact) mass is 169 g/mol. The molecule has 1 saturated heterocycles. The van der Waals surface area contributed by atoms with Crippen LogP contribution in [0.4, 0.5) is 0 Å². The second kappa shape index (κ2) is 3.05. The number of methoxy groups -OCH3 is 1. The molecule has 3 heteroatoms. The van der Waals surface area contributed by atoms with Gasteiger partial charge in [-0.05, 0) is 12.8 Å². The zero-order valence-electron chi connectivity index (χ0n) is 7.45. The first kappa shape index (κ1) is 8.05. The van der Waals surface area contributed by atoms with Crippen molar-refractivity contribution < 1.29 is 9.53 Å². The van der Waals surface area contributed by atoms with Crippen LogP contribution in [0.3, 0.4) is 0 Å². The highest BCUT2D eigenvalue weighted by atomic mass is 16.5. The molecule has 68 valence electrons. The van der Waals surface area contributed by atoms with Crippen molar-refractivity contribution in [2.24, 2.45) is 11.8 Å². The van der Waals surface area contributed by atoms with E-state index < -0.39 is 0 Å². The number of carbonyl (C=O) groups excluding carboxylic acids is 1. The van der Waals surface area contributed by atoms with Crippen molar-refractivity contribution in [3.05, 3.63) is 0 Å². The number of hydrogen-bond donors (Lipinski definition) is 0. The third-order valence-corrected chi connectivity index (χ3v) is 2.60. The molecule has 0 N–H and O–H groups in total. The number of hydrogen-bond acceptors (Lipinski definition) is 2. The van der Waals surface area contributed by atoms with E-state index >= 15 is 0 Å². The fourth-order valence-electron chi connectivity index (χ4n) is 1.68. The molecular formula is C9H15NO2. The molecule has 0 radical (unpaired) electrons. The highest BCUT2D eigenvalue weighted by molar-refractivity contribution is 5.81. The van der Waals surface area contributed by atoms with Gasteiger partial charge in [0.2, 0.25) is 5.91 Å². The van der Waals surface area contributed by atoms with Crippen LogP contribution in [-0.2, 0) is 9.53 Å². The minimum atomic E-state index is 0.377. The van der Waals surface area contributed by atoms with E-state index in [0.29, 0.717) is 17.7 Å². The van der Waals surface area contributed by atoms with Gasteiger partial charge in [-0.3, -0.25) is 4.79 Å². The summed E-state index contributed by atoms with van der Waals surface area (Å²) in [5.41, 5.74) is 0. The Morgan fingerprint density at radius 2 is 2.17 bits per heavy atom. The fraction of sp³-hybridized carbons (Fsp3) is 0.889. The predicted octanol–water partition coefficient (Wildman–Crippen LogP) is 0.501. The number of amides is 1. The van der Waals surface area contributed by atoms with E-state index in [1.807, 2.05) is 4.90 Å². The maximum absolute atomic E-state index is 11.4. The number of nitrogens with zero attached hydrogens (tertiary/aromatic N) is 1. The van der Waals surface area contributed by atoms with Crippen molar-refractivity contribution in [1.82, 2.24) is 4.90 Å². The van der Waals surface area contributed by atoms with Gasteiger partial charge in [0.25, 0.3) is 0 Å². The molecule has 0 aromatic rings. The molecular weight excluding hydrogens is 154 g/mol. The number of rotatable bonds is 3. The summed E-state index contributed by atoms with van der Waals surface area (Å²) in [7, 11) is 1.71. The molecule has 2 aliphatic rings. The van der Waals surface area contributed by atoms with Gasteiger partial charge in [0.1, 0.15) is 0 Å². The average molecular weight is 169 g/mol. The second-order valence-corrected chi connectivity index (χ2v) is 3.84. The van der Waals surface area contributed by atoms with Gasteiger partial charge in [0.05, 0.1) is 6.61 Å². The zero-order valence-corrected chi connectivity index (χ0v) is 7.45. The van der Waals surface area contributed by atoms with Crippen molar-refractivity contribution in [2.45, 2.75) is 12.8 Å². The molecule has 1 heterocycles. The van der Waals surface area contributed by atoms with Crippen molar-refractivity contribution in [3.63, 3.8) is 0 Å². The maximum atomic E-state index is 11.4. The minimum absolute atomic E-state index is 0.377. The Morgan fingerprint density at radius 3 is 2.67 bits per heavy atom. The lowest BCUT2D eigenvalue weighted by molar-refractivity contribution is -0.140. The number of carbonyl (C=O) groups is 1. The Kier molecular flexibility index (Phi) is 2.05. The molecule has 0 atom stereocenters. The Bertz CT molecular complexity index is 183. The van der Waals surface area contributed by atoms with Crippen molar-refractivity contribution in [3.8, 4) is 0 Å². The van der Waals surface area contributed by atoms with Gasteiger partial charge < -0.3 is 9.64 Å². The highest BCUT2D eigenvalue weighted by Gasteiger charge is 2.38. The summed E-state index contributed by atoms with van der Waals surface area (Å²) in [6.45, 7) is 2.64. The van der Waals surface area contributed by atoms with Crippen LogP contribution in [0, 0.1) is 11.8 Å². The van der Waals surface area contributed by atoms with Crippen LogP contribution in [0.25, 0.3) is 0 Å². The SMILES string of the molecule is COCC1CN(C(=O)C2CC2)C1. The van der Waals surface area contributed by atoms with Gasteiger partial charge in [-0.15, -0.1) is 0 Å². The van der Waals surface area contributed by atoms with Gasteiger partial charge >= 0.3 is 0 Å². The van der Waals surface area contributed by atoms with E-state index in [4.69, 9.17) is 4.74 Å². The van der Waals surface area contributed by atoms with Crippen molar-refractivity contribution >= 4 is 5.91 Å². The summed E-state index contributed by atoms with van der Waals surface area (Å²) in [5, 5.41) is 0. The van der Waals surface area contributed by atoms with E-state index in [9.17, 15) is 4.79 Å². The van der Waals surface area contributed by atoms with Crippen molar-refractivity contribution in [2.75, 3.05) is 26.8 Å². The lowest BCUT2D eigenvalue weighted by Crippen LogP contribution is -2.52. The van der Waals surface area contributed by atoms with Crippen LogP contribution in [0.15, 0.2) is 0 Å². The van der Waals surface area contributed by atoms with Crippen LogP contribution in [0.1, 0.15) is 12.8 Å². The summed E-state index contributed by atoms with van der Waals surface area (Å²) < 4.78 is 5.01. The molecule has 1 aliphatic heterocycles.